The Morgan fingerprint density at radius 3 is 2.45 bits per heavy atom. The Hall–Kier alpha value is -3.18. The maximum atomic E-state index is 11.8. The van der Waals surface area contributed by atoms with Crippen molar-refractivity contribution in [3.63, 3.8) is 0 Å². The van der Waals surface area contributed by atoms with Gasteiger partial charge in [0.05, 0.1) is 19.4 Å². The van der Waals surface area contributed by atoms with Crippen LogP contribution in [0, 0.1) is 6.92 Å². The van der Waals surface area contributed by atoms with Gasteiger partial charge in [-0.25, -0.2) is 4.79 Å². The average Bonchev–Trinajstić information content (AvgIpc) is 2.72. The third kappa shape index (κ3) is 6.40. The van der Waals surface area contributed by atoms with Gasteiger partial charge in [0.15, 0.2) is 0 Å². The summed E-state index contributed by atoms with van der Waals surface area (Å²) in [6, 6.07) is 18.4. The molecule has 1 aromatic heterocycles. The van der Waals surface area contributed by atoms with Crippen LogP contribution in [0.5, 0.6) is 5.75 Å². The number of esters is 1. The SMILES string of the molecule is COc1ccc(-c2cccc(C)c2)cc1-c1ccnc(COCC(=O)OC(C)(C)C)c1. The fourth-order valence-corrected chi connectivity index (χ4v) is 3.27. The summed E-state index contributed by atoms with van der Waals surface area (Å²) in [7, 11) is 1.66. The fraction of sp³-hybridized carbons (Fsp3) is 0.308. The van der Waals surface area contributed by atoms with E-state index in [4.69, 9.17) is 14.2 Å². The van der Waals surface area contributed by atoms with Crippen LogP contribution in [-0.2, 0) is 20.9 Å². The molecule has 0 radical (unpaired) electrons. The van der Waals surface area contributed by atoms with Gasteiger partial charge in [-0.2, -0.15) is 0 Å². The van der Waals surface area contributed by atoms with Crippen molar-refractivity contribution in [3.8, 4) is 28.0 Å². The first-order valence-electron chi connectivity index (χ1n) is 10.2. The normalized spacial score (nSPS) is 11.3. The maximum absolute atomic E-state index is 11.8. The smallest absolute Gasteiger partial charge is 0.332 e. The number of rotatable bonds is 7. The topological polar surface area (TPSA) is 57.7 Å². The lowest BCUT2D eigenvalue weighted by Gasteiger charge is -2.19. The van der Waals surface area contributed by atoms with Gasteiger partial charge in [0, 0.05) is 11.8 Å². The van der Waals surface area contributed by atoms with Crippen LogP contribution in [0.4, 0.5) is 0 Å². The van der Waals surface area contributed by atoms with Crippen LogP contribution in [-0.4, -0.2) is 30.3 Å². The van der Waals surface area contributed by atoms with E-state index < -0.39 is 11.6 Å². The summed E-state index contributed by atoms with van der Waals surface area (Å²) < 4.78 is 16.4. The number of hydrogen-bond acceptors (Lipinski definition) is 5. The van der Waals surface area contributed by atoms with E-state index >= 15 is 0 Å². The summed E-state index contributed by atoms with van der Waals surface area (Å²) in [4.78, 5) is 16.2. The molecule has 0 saturated carbocycles. The molecule has 0 saturated heterocycles. The molecule has 3 rings (SSSR count). The summed E-state index contributed by atoms with van der Waals surface area (Å²) in [6.07, 6.45) is 1.74. The van der Waals surface area contributed by atoms with E-state index in [2.05, 4.69) is 48.3 Å². The van der Waals surface area contributed by atoms with Gasteiger partial charge in [0.2, 0.25) is 0 Å². The van der Waals surface area contributed by atoms with Crippen LogP contribution in [0.15, 0.2) is 60.8 Å². The Balaban J connectivity index is 1.79. The highest BCUT2D eigenvalue weighted by atomic mass is 16.6. The average molecular weight is 420 g/mol. The van der Waals surface area contributed by atoms with Gasteiger partial charge >= 0.3 is 5.97 Å². The highest BCUT2D eigenvalue weighted by Crippen LogP contribution is 2.34. The van der Waals surface area contributed by atoms with Crippen molar-refractivity contribution >= 4 is 5.97 Å². The molecule has 0 aliphatic rings. The van der Waals surface area contributed by atoms with Crippen LogP contribution < -0.4 is 4.74 Å². The van der Waals surface area contributed by atoms with Crippen molar-refractivity contribution in [3.05, 3.63) is 72.1 Å². The summed E-state index contributed by atoms with van der Waals surface area (Å²) >= 11 is 0. The number of hydrogen-bond donors (Lipinski definition) is 0. The summed E-state index contributed by atoms with van der Waals surface area (Å²) in [5.74, 6) is 0.388. The number of ether oxygens (including phenoxy) is 3. The minimum atomic E-state index is -0.530. The highest BCUT2D eigenvalue weighted by Gasteiger charge is 2.16. The number of carbonyl (C=O) groups is 1. The molecule has 0 fully saturated rings. The maximum Gasteiger partial charge on any atom is 0.332 e. The van der Waals surface area contributed by atoms with Gasteiger partial charge in [-0.1, -0.05) is 35.9 Å². The van der Waals surface area contributed by atoms with Crippen LogP contribution in [0.1, 0.15) is 32.0 Å². The number of benzene rings is 2. The Labute approximate surface area is 184 Å². The molecule has 31 heavy (non-hydrogen) atoms. The molecule has 0 unspecified atom stereocenters. The molecule has 0 atom stereocenters. The third-order valence-corrected chi connectivity index (χ3v) is 4.57. The lowest BCUT2D eigenvalue weighted by atomic mass is 9.97. The molecule has 5 heteroatoms. The molecule has 162 valence electrons. The molecule has 0 bridgehead atoms. The van der Waals surface area contributed by atoms with E-state index in [0.717, 1.165) is 33.7 Å². The van der Waals surface area contributed by atoms with Crippen molar-refractivity contribution in [2.24, 2.45) is 0 Å². The number of methoxy groups -OCH3 is 1. The third-order valence-electron chi connectivity index (χ3n) is 4.57. The van der Waals surface area contributed by atoms with Gasteiger partial charge in [0.1, 0.15) is 18.0 Å². The second-order valence-corrected chi connectivity index (χ2v) is 8.40. The van der Waals surface area contributed by atoms with Crippen molar-refractivity contribution in [1.82, 2.24) is 4.98 Å². The van der Waals surface area contributed by atoms with Gasteiger partial charge in [-0.3, -0.25) is 4.98 Å². The Morgan fingerprint density at radius 2 is 1.74 bits per heavy atom. The Bertz CT molecular complexity index is 1050. The van der Waals surface area contributed by atoms with E-state index in [1.54, 1.807) is 13.3 Å². The van der Waals surface area contributed by atoms with Crippen molar-refractivity contribution in [1.29, 1.82) is 0 Å². The zero-order valence-electron chi connectivity index (χ0n) is 18.8. The van der Waals surface area contributed by atoms with Crippen LogP contribution in [0.2, 0.25) is 0 Å². The molecule has 0 aliphatic heterocycles. The van der Waals surface area contributed by atoms with E-state index in [1.807, 2.05) is 39.0 Å². The van der Waals surface area contributed by atoms with Crippen LogP contribution >= 0.6 is 0 Å². The molecule has 2 aromatic carbocycles. The standard InChI is InChI=1S/C26H29NO4/c1-18-7-6-8-19(13-18)20-9-10-24(29-5)23(15-20)21-11-12-27-22(14-21)16-30-17-25(28)31-26(2,3)4/h6-15H,16-17H2,1-5H3. The lowest BCUT2D eigenvalue weighted by molar-refractivity contribution is -0.160. The van der Waals surface area contributed by atoms with E-state index in [1.165, 1.54) is 5.56 Å². The van der Waals surface area contributed by atoms with Gasteiger partial charge in [-0.05, 0) is 68.7 Å². The van der Waals surface area contributed by atoms with E-state index in [0.29, 0.717) is 0 Å². The zero-order valence-corrected chi connectivity index (χ0v) is 18.8. The number of aryl methyl sites for hydroxylation is 1. The first-order valence-corrected chi connectivity index (χ1v) is 10.2. The predicted molar refractivity (Wildman–Crippen MR) is 122 cm³/mol. The number of aromatic nitrogens is 1. The van der Waals surface area contributed by atoms with Crippen LogP contribution in [0.3, 0.4) is 0 Å². The first kappa shape index (κ1) is 22.5. The number of nitrogens with zero attached hydrogens (tertiary/aromatic N) is 1. The lowest BCUT2D eigenvalue weighted by Crippen LogP contribution is -2.26. The van der Waals surface area contributed by atoms with Gasteiger partial charge < -0.3 is 14.2 Å². The fourth-order valence-electron chi connectivity index (χ4n) is 3.27. The second-order valence-electron chi connectivity index (χ2n) is 8.40. The molecule has 0 spiro atoms. The summed E-state index contributed by atoms with van der Waals surface area (Å²) in [5.41, 5.74) is 5.61. The molecule has 0 aliphatic carbocycles. The molecule has 0 amide bonds. The largest absolute Gasteiger partial charge is 0.496 e. The van der Waals surface area contributed by atoms with Gasteiger partial charge in [0.25, 0.3) is 0 Å². The predicted octanol–water partition coefficient (Wildman–Crippen LogP) is 5.59. The Morgan fingerprint density at radius 1 is 0.968 bits per heavy atom. The molecule has 1 heterocycles. The molecule has 5 nitrogen and oxygen atoms in total. The van der Waals surface area contributed by atoms with E-state index in [9.17, 15) is 4.79 Å². The number of carbonyl (C=O) groups excluding carboxylic acids is 1. The second kappa shape index (κ2) is 9.75. The summed E-state index contributed by atoms with van der Waals surface area (Å²) in [5, 5.41) is 0. The minimum absolute atomic E-state index is 0.116. The molecule has 0 N–H and O–H groups in total. The number of pyridine rings is 1. The van der Waals surface area contributed by atoms with Crippen LogP contribution in [0.25, 0.3) is 22.3 Å². The Kier molecular flexibility index (Phi) is 7.08. The minimum Gasteiger partial charge on any atom is -0.496 e. The first-order chi connectivity index (χ1) is 14.7. The van der Waals surface area contributed by atoms with Gasteiger partial charge in [-0.15, -0.1) is 0 Å². The van der Waals surface area contributed by atoms with Crippen molar-refractivity contribution in [2.45, 2.75) is 39.9 Å². The molecular weight excluding hydrogens is 390 g/mol. The van der Waals surface area contributed by atoms with E-state index in [-0.39, 0.29) is 13.2 Å². The molecular formula is C26H29NO4. The zero-order chi connectivity index (χ0) is 22.4. The quantitative estimate of drug-likeness (QED) is 0.467. The monoisotopic (exact) mass is 419 g/mol. The summed E-state index contributed by atoms with van der Waals surface area (Å²) in [6.45, 7) is 7.67. The van der Waals surface area contributed by atoms with Crippen molar-refractivity contribution < 1.29 is 19.0 Å². The molecule has 3 aromatic rings. The van der Waals surface area contributed by atoms with Crippen molar-refractivity contribution in [2.75, 3.05) is 13.7 Å². The highest BCUT2D eigenvalue weighted by molar-refractivity contribution is 5.78.